The number of aliphatic hydroxyl groups excluding tert-OH is 1. The molecule has 1 N–H and O–H groups in total. The fraction of sp³-hybridized carbons (Fsp3) is 0.450. The Labute approximate surface area is 146 Å². The Balaban J connectivity index is 1.85. The lowest BCUT2D eigenvalue weighted by atomic mass is 9.84. The van der Waals surface area contributed by atoms with Gasteiger partial charge in [0.05, 0.1) is 23.3 Å². The van der Waals surface area contributed by atoms with Gasteiger partial charge in [0.15, 0.2) is 0 Å². The van der Waals surface area contributed by atoms with Gasteiger partial charge in [0.1, 0.15) is 17.4 Å². The van der Waals surface area contributed by atoms with E-state index in [1.165, 1.54) is 0 Å². The number of para-hydroxylation sites is 1. The van der Waals surface area contributed by atoms with Crippen LogP contribution in [0.25, 0.3) is 21.9 Å². The summed E-state index contributed by atoms with van der Waals surface area (Å²) in [5.74, 6) is 1.22. The smallest absolute Gasteiger partial charge is 0.138 e. The molecule has 128 valence electrons. The third-order valence-electron chi connectivity index (χ3n) is 5.39. The molecule has 1 saturated carbocycles. The highest BCUT2D eigenvalue weighted by molar-refractivity contribution is 6.02. The van der Waals surface area contributed by atoms with Gasteiger partial charge in [-0.3, -0.25) is 4.98 Å². The van der Waals surface area contributed by atoms with E-state index in [0.717, 1.165) is 53.4 Å². The van der Waals surface area contributed by atoms with Crippen molar-refractivity contribution in [2.24, 2.45) is 5.92 Å². The van der Waals surface area contributed by atoms with Gasteiger partial charge in [-0.1, -0.05) is 18.2 Å². The maximum absolute atomic E-state index is 10.3. The lowest BCUT2D eigenvalue weighted by Crippen LogP contribution is -2.20. The van der Waals surface area contributed by atoms with E-state index in [-0.39, 0.29) is 0 Å². The Morgan fingerprint density at radius 1 is 1.24 bits per heavy atom. The number of aliphatic hydroxyl groups is 1. The highest BCUT2D eigenvalue weighted by Crippen LogP contribution is 2.38. The van der Waals surface area contributed by atoms with Crippen LogP contribution in [0.4, 0.5) is 0 Å². The molecule has 4 rings (SSSR count). The van der Waals surface area contributed by atoms with Crippen molar-refractivity contribution in [3.8, 4) is 6.07 Å². The fourth-order valence-electron chi connectivity index (χ4n) is 4.14. The molecule has 0 bridgehead atoms. The largest absolute Gasteiger partial charge is 0.385 e. The highest BCUT2D eigenvalue weighted by atomic mass is 16.3. The molecule has 0 unspecified atom stereocenters. The van der Waals surface area contributed by atoms with Crippen LogP contribution >= 0.6 is 0 Å². The van der Waals surface area contributed by atoms with E-state index in [1.54, 1.807) is 13.1 Å². The number of hydrogen-bond acceptors (Lipinski definition) is 4. The molecule has 0 amide bonds. The Morgan fingerprint density at radius 3 is 2.72 bits per heavy atom. The summed E-state index contributed by atoms with van der Waals surface area (Å²) in [6, 6.07) is 10.7. The third kappa shape index (κ3) is 2.77. The zero-order chi connectivity index (χ0) is 17.4. The molecule has 1 aliphatic rings. The molecular formula is C20H22N4O. The number of fused-ring (bicyclic) bond motifs is 3. The van der Waals surface area contributed by atoms with E-state index in [0.29, 0.717) is 18.4 Å². The monoisotopic (exact) mass is 334 g/mol. The molecule has 1 aliphatic carbocycles. The molecule has 5 heteroatoms. The SMILES string of the molecule is C[C@@H](O)c1nc2cnc3ccccc3c2n1C1CCC(CC#N)CC1. The molecular weight excluding hydrogens is 312 g/mol. The standard InChI is InChI=1S/C20H22N4O/c1-13(25)20-23-18-12-22-17-5-3-2-4-16(17)19(18)24(20)15-8-6-14(7-9-15)10-11-21/h2-5,12-15,25H,6-10H2,1H3/t13-,14?,15?/m1/s1. The van der Waals surface area contributed by atoms with E-state index < -0.39 is 6.10 Å². The molecule has 1 fully saturated rings. The number of aromatic nitrogens is 3. The number of nitrogens with zero attached hydrogens (tertiary/aromatic N) is 4. The van der Waals surface area contributed by atoms with E-state index in [2.05, 4.69) is 21.7 Å². The summed E-state index contributed by atoms with van der Waals surface area (Å²) in [7, 11) is 0. The predicted molar refractivity (Wildman–Crippen MR) is 96.9 cm³/mol. The molecule has 1 atom stereocenters. The summed E-state index contributed by atoms with van der Waals surface area (Å²) in [4.78, 5) is 9.20. The van der Waals surface area contributed by atoms with Gasteiger partial charge in [0, 0.05) is 17.8 Å². The minimum absolute atomic E-state index is 0.315. The van der Waals surface area contributed by atoms with Crippen LogP contribution in [0.5, 0.6) is 0 Å². The van der Waals surface area contributed by atoms with Gasteiger partial charge in [0.25, 0.3) is 0 Å². The van der Waals surface area contributed by atoms with Crippen molar-refractivity contribution in [3.05, 3.63) is 36.3 Å². The van der Waals surface area contributed by atoms with E-state index in [1.807, 2.05) is 18.2 Å². The topological polar surface area (TPSA) is 74.7 Å². The maximum Gasteiger partial charge on any atom is 0.138 e. The summed E-state index contributed by atoms with van der Waals surface area (Å²) in [5.41, 5.74) is 2.87. The first-order valence-electron chi connectivity index (χ1n) is 8.99. The van der Waals surface area contributed by atoms with Crippen molar-refractivity contribution in [2.45, 2.75) is 51.2 Å². The van der Waals surface area contributed by atoms with Gasteiger partial charge in [-0.15, -0.1) is 0 Å². The first-order valence-corrected chi connectivity index (χ1v) is 8.99. The van der Waals surface area contributed by atoms with Crippen LogP contribution in [0.3, 0.4) is 0 Å². The lowest BCUT2D eigenvalue weighted by molar-refractivity contribution is 0.175. The van der Waals surface area contributed by atoms with Crippen molar-refractivity contribution in [1.82, 2.24) is 14.5 Å². The fourth-order valence-corrected chi connectivity index (χ4v) is 4.14. The number of rotatable bonds is 3. The van der Waals surface area contributed by atoms with Crippen molar-refractivity contribution in [1.29, 1.82) is 5.26 Å². The second-order valence-electron chi connectivity index (χ2n) is 7.06. The first kappa shape index (κ1) is 16.0. The summed E-state index contributed by atoms with van der Waals surface area (Å²) in [6.07, 6.45) is 5.99. The minimum atomic E-state index is -0.622. The average molecular weight is 334 g/mol. The molecule has 25 heavy (non-hydrogen) atoms. The summed E-state index contributed by atoms with van der Waals surface area (Å²) in [5, 5.41) is 20.3. The van der Waals surface area contributed by atoms with E-state index >= 15 is 0 Å². The van der Waals surface area contributed by atoms with Gasteiger partial charge < -0.3 is 9.67 Å². The number of nitriles is 1. The second kappa shape index (κ2) is 6.45. The van der Waals surface area contributed by atoms with E-state index in [9.17, 15) is 5.11 Å². The van der Waals surface area contributed by atoms with Gasteiger partial charge in [-0.25, -0.2) is 4.98 Å². The van der Waals surface area contributed by atoms with Crippen LogP contribution in [0.15, 0.2) is 30.5 Å². The Kier molecular flexibility index (Phi) is 4.14. The number of pyridine rings is 1. The second-order valence-corrected chi connectivity index (χ2v) is 7.06. The van der Waals surface area contributed by atoms with Crippen molar-refractivity contribution in [2.75, 3.05) is 0 Å². The van der Waals surface area contributed by atoms with Crippen LogP contribution in [0.1, 0.15) is 57.0 Å². The van der Waals surface area contributed by atoms with Gasteiger partial charge >= 0.3 is 0 Å². The molecule has 2 aromatic heterocycles. The normalized spacial score (nSPS) is 22.1. The van der Waals surface area contributed by atoms with E-state index in [4.69, 9.17) is 10.2 Å². The zero-order valence-electron chi connectivity index (χ0n) is 14.4. The molecule has 5 nitrogen and oxygen atoms in total. The minimum Gasteiger partial charge on any atom is -0.385 e. The zero-order valence-corrected chi connectivity index (χ0v) is 14.4. The van der Waals surface area contributed by atoms with Gasteiger partial charge in [0.2, 0.25) is 0 Å². The Hall–Kier alpha value is -2.45. The maximum atomic E-state index is 10.3. The van der Waals surface area contributed by atoms with Crippen LogP contribution in [0, 0.1) is 17.2 Å². The number of benzene rings is 1. The molecule has 1 aromatic carbocycles. The number of hydrogen-bond donors (Lipinski definition) is 1. The average Bonchev–Trinajstić information content (AvgIpc) is 3.03. The van der Waals surface area contributed by atoms with Crippen molar-refractivity contribution in [3.63, 3.8) is 0 Å². The predicted octanol–water partition coefficient (Wildman–Crippen LogP) is 4.28. The molecule has 0 radical (unpaired) electrons. The Morgan fingerprint density at radius 2 is 2.00 bits per heavy atom. The lowest BCUT2D eigenvalue weighted by Gasteiger charge is -2.30. The molecule has 0 spiro atoms. The highest BCUT2D eigenvalue weighted by Gasteiger charge is 2.27. The quantitative estimate of drug-likeness (QED) is 0.775. The third-order valence-corrected chi connectivity index (χ3v) is 5.39. The summed E-state index contributed by atoms with van der Waals surface area (Å²) < 4.78 is 2.24. The van der Waals surface area contributed by atoms with Crippen LogP contribution in [-0.2, 0) is 0 Å². The van der Waals surface area contributed by atoms with Gasteiger partial charge in [-0.2, -0.15) is 5.26 Å². The van der Waals surface area contributed by atoms with Crippen molar-refractivity contribution < 1.29 is 5.11 Å². The van der Waals surface area contributed by atoms with Crippen LogP contribution < -0.4 is 0 Å². The molecule has 2 heterocycles. The molecule has 3 aromatic rings. The van der Waals surface area contributed by atoms with Crippen molar-refractivity contribution >= 4 is 21.9 Å². The van der Waals surface area contributed by atoms with Crippen LogP contribution in [0.2, 0.25) is 0 Å². The van der Waals surface area contributed by atoms with Crippen LogP contribution in [-0.4, -0.2) is 19.6 Å². The van der Waals surface area contributed by atoms with Gasteiger partial charge in [-0.05, 0) is 44.6 Å². The Bertz CT molecular complexity index is 945. The first-order chi connectivity index (χ1) is 12.2. The summed E-state index contributed by atoms with van der Waals surface area (Å²) >= 11 is 0. The molecule has 0 aliphatic heterocycles. The number of imidazole rings is 1. The molecule has 0 saturated heterocycles. The summed E-state index contributed by atoms with van der Waals surface area (Å²) in [6.45, 7) is 1.77.